The SMILES string of the molecule is COC(=O)CSC1=N/C(=C/c2ccccc2)C(=O)N1c1ccc(F)cc1. The molecule has 0 aliphatic carbocycles. The highest BCUT2D eigenvalue weighted by Gasteiger charge is 2.32. The number of amides is 1. The summed E-state index contributed by atoms with van der Waals surface area (Å²) in [5.74, 6) is -1.16. The van der Waals surface area contributed by atoms with Gasteiger partial charge in [0.25, 0.3) is 5.91 Å². The standard InChI is InChI=1S/C19H15FN2O3S/c1-25-17(23)12-26-19-21-16(11-13-5-3-2-4-6-13)18(24)22(19)15-9-7-14(20)8-10-15/h2-11H,12H2,1H3/b16-11+. The Labute approximate surface area is 154 Å². The third-order valence-electron chi connectivity index (χ3n) is 3.56. The number of nitrogens with zero attached hydrogens (tertiary/aromatic N) is 2. The molecule has 0 unspecified atom stereocenters. The van der Waals surface area contributed by atoms with Crippen LogP contribution in [-0.4, -0.2) is 29.9 Å². The average Bonchev–Trinajstić information content (AvgIpc) is 2.97. The van der Waals surface area contributed by atoms with Crippen molar-refractivity contribution in [2.75, 3.05) is 17.8 Å². The van der Waals surface area contributed by atoms with Crippen molar-refractivity contribution in [1.29, 1.82) is 0 Å². The zero-order valence-corrected chi connectivity index (χ0v) is 14.7. The van der Waals surface area contributed by atoms with Gasteiger partial charge in [-0.05, 0) is 35.9 Å². The number of ether oxygens (including phenoxy) is 1. The predicted molar refractivity (Wildman–Crippen MR) is 100 cm³/mol. The second-order valence-electron chi connectivity index (χ2n) is 5.32. The number of thioether (sulfide) groups is 1. The zero-order valence-electron chi connectivity index (χ0n) is 13.9. The molecule has 0 saturated carbocycles. The van der Waals surface area contributed by atoms with Gasteiger partial charge in [-0.15, -0.1) is 0 Å². The number of esters is 1. The van der Waals surface area contributed by atoms with Crippen LogP contribution in [0.5, 0.6) is 0 Å². The van der Waals surface area contributed by atoms with Gasteiger partial charge in [-0.3, -0.25) is 14.5 Å². The second-order valence-corrected chi connectivity index (χ2v) is 6.26. The maximum absolute atomic E-state index is 13.2. The summed E-state index contributed by atoms with van der Waals surface area (Å²) >= 11 is 1.09. The number of anilines is 1. The summed E-state index contributed by atoms with van der Waals surface area (Å²) in [6, 6.07) is 14.8. The molecule has 0 saturated heterocycles. The number of aliphatic imine (C=N–C) groups is 1. The smallest absolute Gasteiger partial charge is 0.316 e. The zero-order chi connectivity index (χ0) is 18.5. The minimum Gasteiger partial charge on any atom is -0.468 e. The Hall–Kier alpha value is -2.93. The van der Waals surface area contributed by atoms with Crippen molar-refractivity contribution in [3.8, 4) is 0 Å². The molecule has 0 aromatic heterocycles. The maximum atomic E-state index is 13.2. The van der Waals surface area contributed by atoms with Crippen LogP contribution < -0.4 is 4.90 Å². The van der Waals surface area contributed by atoms with E-state index < -0.39 is 11.8 Å². The molecule has 2 aromatic carbocycles. The number of hydrogen-bond acceptors (Lipinski definition) is 5. The first-order chi connectivity index (χ1) is 12.6. The van der Waals surface area contributed by atoms with E-state index in [0.717, 1.165) is 17.3 Å². The van der Waals surface area contributed by atoms with Crippen LogP contribution in [0.1, 0.15) is 5.56 Å². The number of amidine groups is 1. The van der Waals surface area contributed by atoms with Crippen molar-refractivity contribution in [3.63, 3.8) is 0 Å². The van der Waals surface area contributed by atoms with Crippen molar-refractivity contribution >= 4 is 40.6 Å². The van der Waals surface area contributed by atoms with Gasteiger partial charge in [0.2, 0.25) is 0 Å². The van der Waals surface area contributed by atoms with Crippen molar-refractivity contribution in [3.05, 3.63) is 71.7 Å². The Morgan fingerprint density at radius 2 is 1.88 bits per heavy atom. The van der Waals surface area contributed by atoms with Gasteiger partial charge in [0.1, 0.15) is 11.5 Å². The third kappa shape index (κ3) is 4.00. The van der Waals surface area contributed by atoms with E-state index in [2.05, 4.69) is 9.73 Å². The van der Waals surface area contributed by atoms with E-state index in [1.54, 1.807) is 6.08 Å². The lowest BCUT2D eigenvalue weighted by molar-refractivity contribution is -0.137. The Morgan fingerprint density at radius 1 is 1.19 bits per heavy atom. The summed E-state index contributed by atoms with van der Waals surface area (Å²) in [6.45, 7) is 0. The number of halogens is 1. The monoisotopic (exact) mass is 370 g/mol. The Balaban J connectivity index is 1.94. The van der Waals surface area contributed by atoms with E-state index in [4.69, 9.17) is 0 Å². The van der Waals surface area contributed by atoms with Crippen molar-refractivity contribution in [2.24, 2.45) is 4.99 Å². The summed E-state index contributed by atoms with van der Waals surface area (Å²) in [7, 11) is 1.29. The summed E-state index contributed by atoms with van der Waals surface area (Å²) in [6.07, 6.45) is 1.67. The van der Waals surface area contributed by atoms with Gasteiger partial charge in [0.05, 0.1) is 18.6 Å². The molecule has 1 aliphatic heterocycles. The topological polar surface area (TPSA) is 59.0 Å². The lowest BCUT2D eigenvalue weighted by Crippen LogP contribution is -2.30. The molecule has 5 nitrogen and oxygen atoms in total. The fourth-order valence-corrected chi connectivity index (χ4v) is 3.15. The molecule has 132 valence electrons. The van der Waals surface area contributed by atoms with Crippen LogP contribution in [0.25, 0.3) is 6.08 Å². The van der Waals surface area contributed by atoms with Gasteiger partial charge < -0.3 is 4.74 Å². The van der Waals surface area contributed by atoms with E-state index in [0.29, 0.717) is 10.9 Å². The van der Waals surface area contributed by atoms with E-state index in [9.17, 15) is 14.0 Å². The van der Waals surface area contributed by atoms with Crippen LogP contribution in [0.3, 0.4) is 0 Å². The summed E-state index contributed by atoms with van der Waals surface area (Å²) in [5, 5.41) is 0.342. The van der Waals surface area contributed by atoms with Crippen molar-refractivity contribution in [1.82, 2.24) is 0 Å². The van der Waals surface area contributed by atoms with Crippen LogP contribution in [0.2, 0.25) is 0 Å². The summed E-state index contributed by atoms with van der Waals surface area (Å²) in [4.78, 5) is 30.0. The molecule has 1 amide bonds. The number of benzene rings is 2. The van der Waals surface area contributed by atoms with Crippen LogP contribution in [0.15, 0.2) is 65.3 Å². The lowest BCUT2D eigenvalue weighted by Gasteiger charge is -2.17. The second kappa shape index (κ2) is 7.97. The highest BCUT2D eigenvalue weighted by Crippen LogP contribution is 2.29. The summed E-state index contributed by atoms with van der Waals surface area (Å²) in [5.41, 5.74) is 1.55. The fraction of sp³-hybridized carbons (Fsp3) is 0.105. The molecule has 1 aliphatic rings. The van der Waals surface area contributed by atoms with Crippen LogP contribution in [0, 0.1) is 5.82 Å². The molecule has 26 heavy (non-hydrogen) atoms. The molecular formula is C19H15FN2O3S. The van der Waals surface area contributed by atoms with Crippen LogP contribution in [-0.2, 0) is 14.3 Å². The third-order valence-corrected chi connectivity index (χ3v) is 4.48. The quantitative estimate of drug-likeness (QED) is 0.611. The number of hydrogen-bond donors (Lipinski definition) is 0. The molecule has 0 radical (unpaired) electrons. The van der Waals surface area contributed by atoms with Gasteiger partial charge >= 0.3 is 5.97 Å². The summed E-state index contributed by atoms with van der Waals surface area (Å²) < 4.78 is 17.9. The van der Waals surface area contributed by atoms with E-state index in [1.807, 2.05) is 30.3 Å². The Morgan fingerprint density at radius 3 is 2.54 bits per heavy atom. The lowest BCUT2D eigenvalue weighted by atomic mass is 10.2. The predicted octanol–water partition coefficient (Wildman–Crippen LogP) is 3.48. The van der Waals surface area contributed by atoms with Crippen LogP contribution >= 0.6 is 11.8 Å². The first-order valence-corrected chi connectivity index (χ1v) is 8.72. The van der Waals surface area contributed by atoms with E-state index in [1.165, 1.54) is 36.3 Å². The van der Waals surface area contributed by atoms with Gasteiger partial charge in [0, 0.05) is 0 Å². The van der Waals surface area contributed by atoms with Crippen LogP contribution in [0.4, 0.5) is 10.1 Å². The van der Waals surface area contributed by atoms with Gasteiger partial charge in [-0.2, -0.15) is 0 Å². The Kier molecular flexibility index (Phi) is 5.48. The number of methoxy groups -OCH3 is 1. The van der Waals surface area contributed by atoms with Gasteiger partial charge in [-0.25, -0.2) is 9.38 Å². The number of carbonyl (C=O) groups is 2. The molecule has 0 atom stereocenters. The minimum absolute atomic E-state index is 0.0128. The van der Waals surface area contributed by atoms with E-state index >= 15 is 0 Å². The fourth-order valence-electron chi connectivity index (χ4n) is 2.30. The maximum Gasteiger partial charge on any atom is 0.316 e. The van der Waals surface area contributed by atoms with Crippen molar-refractivity contribution < 1.29 is 18.7 Å². The molecule has 7 heteroatoms. The average molecular weight is 370 g/mol. The molecule has 0 fully saturated rings. The molecule has 1 heterocycles. The minimum atomic E-state index is -0.426. The molecular weight excluding hydrogens is 355 g/mol. The normalized spacial score (nSPS) is 15.3. The van der Waals surface area contributed by atoms with E-state index in [-0.39, 0.29) is 17.4 Å². The van der Waals surface area contributed by atoms with Crippen molar-refractivity contribution in [2.45, 2.75) is 0 Å². The number of rotatable bonds is 4. The molecule has 0 N–H and O–H groups in total. The Bertz CT molecular complexity index is 879. The molecule has 0 spiro atoms. The number of carbonyl (C=O) groups excluding carboxylic acids is 2. The highest BCUT2D eigenvalue weighted by molar-refractivity contribution is 8.14. The largest absolute Gasteiger partial charge is 0.468 e. The first kappa shape index (κ1) is 17.9. The molecule has 0 bridgehead atoms. The van der Waals surface area contributed by atoms with Gasteiger partial charge in [0.15, 0.2) is 5.17 Å². The van der Waals surface area contributed by atoms with Gasteiger partial charge in [-0.1, -0.05) is 42.1 Å². The molecule has 2 aromatic rings. The highest BCUT2D eigenvalue weighted by atomic mass is 32.2. The molecule has 3 rings (SSSR count). The first-order valence-electron chi connectivity index (χ1n) is 7.73.